The average molecular weight is 374 g/mol. The van der Waals surface area contributed by atoms with Gasteiger partial charge < -0.3 is 10.6 Å². The summed E-state index contributed by atoms with van der Waals surface area (Å²) in [5.41, 5.74) is 2.00. The molecule has 0 aromatic heterocycles. The maximum absolute atomic E-state index is 13.5. The Bertz CT molecular complexity index is 791. The third-order valence-electron chi connectivity index (χ3n) is 4.27. The second kappa shape index (κ2) is 9.80. The molecule has 0 aliphatic carbocycles. The van der Waals surface area contributed by atoms with Crippen LogP contribution in [-0.4, -0.2) is 18.4 Å². The minimum atomic E-state index is -0.908. The number of nitrogens with one attached hydrogen (secondary N) is 2. The summed E-state index contributed by atoms with van der Waals surface area (Å²) in [7, 11) is 0. The zero-order valence-electron chi connectivity index (χ0n) is 15.5. The van der Waals surface area contributed by atoms with Crippen LogP contribution in [0.3, 0.4) is 0 Å². The molecule has 0 unspecified atom stereocenters. The molecule has 0 fully saturated rings. The van der Waals surface area contributed by atoms with Crippen molar-refractivity contribution in [3.63, 3.8) is 0 Å². The maximum atomic E-state index is 13.5. The quantitative estimate of drug-likeness (QED) is 0.685. The van der Waals surface area contributed by atoms with Crippen LogP contribution in [0.2, 0.25) is 0 Å². The molecule has 0 radical (unpaired) electrons. The van der Waals surface area contributed by atoms with Crippen molar-refractivity contribution in [2.45, 2.75) is 39.2 Å². The van der Waals surface area contributed by atoms with Gasteiger partial charge in [-0.15, -0.1) is 0 Å². The van der Waals surface area contributed by atoms with Gasteiger partial charge in [-0.05, 0) is 37.5 Å². The van der Waals surface area contributed by atoms with Gasteiger partial charge in [-0.2, -0.15) is 0 Å². The summed E-state index contributed by atoms with van der Waals surface area (Å²) < 4.78 is 26.4. The third-order valence-corrected chi connectivity index (χ3v) is 4.27. The molecule has 0 saturated heterocycles. The Morgan fingerprint density at radius 2 is 1.78 bits per heavy atom. The highest BCUT2D eigenvalue weighted by Crippen LogP contribution is 2.17. The van der Waals surface area contributed by atoms with Crippen molar-refractivity contribution >= 4 is 11.8 Å². The molecule has 144 valence electrons. The summed E-state index contributed by atoms with van der Waals surface area (Å²) in [4.78, 5) is 24.0. The van der Waals surface area contributed by atoms with Crippen LogP contribution < -0.4 is 10.6 Å². The molecule has 4 nitrogen and oxygen atoms in total. The number of halogens is 2. The average Bonchev–Trinajstić information content (AvgIpc) is 2.64. The molecule has 2 aromatic rings. The predicted molar refractivity (Wildman–Crippen MR) is 100 cm³/mol. The van der Waals surface area contributed by atoms with E-state index in [0.29, 0.717) is 12.5 Å². The van der Waals surface area contributed by atoms with Gasteiger partial charge >= 0.3 is 0 Å². The lowest BCUT2D eigenvalue weighted by Crippen LogP contribution is -2.30. The third kappa shape index (κ3) is 6.16. The number of rotatable bonds is 8. The number of aryl methyl sites for hydroxylation is 1. The van der Waals surface area contributed by atoms with Crippen LogP contribution >= 0.6 is 0 Å². The summed E-state index contributed by atoms with van der Waals surface area (Å²) in [6.07, 6.45) is 1.44. The van der Waals surface area contributed by atoms with Gasteiger partial charge in [0.15, 0.2) is 0 Å². The van der Waals surface area contributed by atoms with Gasteiger partial charge in [0.1, 0.15) is 11.6 Å². The molecule has 0 aliphatic rings. The molecule has 0 saturated carbocycles. The molecule has 2 aromatic carbocycles. The van der Waals surface area contributed by atoms with Crippen LogP contribution in [0.15, 0.2) is 42.5 Å². The summed E-state index contributed by atoms with van der Waals surface area (Å²) in [6, 6.07) is 10.8. The lowest BCUT2D eigenvalue weighted by atomic mass is 10.0. The van der Waals surface area contributed by atoms with Gasteiger partial charge in [-0.1, -0.05) is 36.8 Å². The van der Waals surface area contributed by atoms with Crippen LogP contribution in [0, 0.1) is 18.6 Å². The molecule has 2 amide bonds. The Morgan fingerprint density at radius 3 is 2.41 bits per heavy atom. The van der Waals surface area contributed by atoms with Gasteiger partial charge in [0.25, 0.3) is 5.91 Å². The van der Waals surface area contributed by atoms with Gasteiger partial charge in [0, 0.05) is 19.0 Å². The topological polar surface area (TPSA) is 58.2 Å². The molecule has 2 N–H and O–H groups in total. The molecular weight excluding hydrogens is 350 g/mol. The fourth-order valence-corrected chi connectivity index (χ4v) is 2.71. The van der Waals surface area contributed by atoms with Crippen LogP contribution in [-0.2, 0) is 4.79 Å². The first-order valence-corrected chi connectivity index (χ1v) is 9.00. The Morgan fingerprint density at radius 1 is 1.07 bits per heavy atom. The van der Waals surface area contributed by atoms with Crippen LogP contribution in [0.25, 0.3) is 0 Å². The first kappa shape index (κ1) is 20.6. The lowest BCUT2D eigenvalue weighted by Gasteiger charge is -2.18. The molecule has 1 atom stereocenters. The normalized spacial score (nSPS) is 11.7. The molecule has 0 bridgehead atoms. The van der Waals surface area contributed by atoms with Crippen LogP contribution in [0.1, 0.15) is 53.7 Å². The van der Waals surface area contributed by atoms with Crippen LogP contribution in [0.4, 0.5) is 8.78 Å². The highest BCUT2D eigenvalue weighted by molar-refractivity contribution is 5.94. The second-order valence-corrected chi connectivity index (χ2v) is 6.42. The van der Waals surface area contributed by atoms with E-state index in [0.717, 1.165) is 29.7 Å². The zero-order chi connectivity index (χ0) is 19.8. The standard InChI is InChI=1S/C21H24F2N2O2/c1-3-19(15-8-6-14(2)7-9-15)25-20(26)5-4-12-24-21(27)17-11-10-16(22)13-18(17)23/h6-11,13,19H,3-5,12H2,1-2H3,(H,24,27)(H,25,26)/t19-/m0/s1. The monoisotopic (exact) mass is 374 g/mol. The van der Waals surface area contributed by atoms with E-state index in [1.807, 2.05) is 38.1 Å². The fourth-order valence-electron chi connectivity index (χ4n) is 2.71. The van der Waals surface area contributed by atoms with Gasteiger partial charge in [-0.3, -0.25) is 9.59 Å². The maximum Gasteiger partial charge on any atom is 0.254 e. The van der Waals surface area contributed by atoms with E-state index < -0.39 is 17.5 Å². The van der Waals surface area contributed by atoms with Gasteiger partial charge in [0.2, 0.25) is 5.91 Å². The SMILES string of the molecule is CC[C@H](NC(=O)CCCNC(=O)c1ccc(F)cc1F)c1ccc(C)cc1. The zero-order valence-corrected chi connectivity index (χ0v) is 15.5. The molecule has 2 rings (SSSR count). The summed E-state index contributed by atoms with van der Waals surface area (Å²) >= 11 is 0. The minimum absolute atomic E-state index is 0.0546. The minimum Gasteiger partial charge on any atom is -0.352 e. The van der Waals surface area contributed by atoms with Gasteiger partial charge in [0.05, 0.1) is 11.6 Å². The highest BCUT2D eigenvalue weighted by atomic mass is 19.1. The van der Waals surface area contributed by atoms with Crippen molar-refractivity contribution in [3.05, 3.63) is 70.8 Å². The fraction of sp³-hybridized carbons (Fsp3) is 0.333. The molecule has 0 aliphatic heterocycles. The number of carbonyl (C=O) groups is 2. The van der Waals surface area contributed by atoms with E-state index in [9.17, 15) is 18.4 Å². The largest absolute Gasteiger partial charge is 0.352 e. The first-order valence-electron chi connectivity index (χ1n) is 9.00. The van der Waals surface area contributed by atoms with Gasteiger partial charge in [-0.25, -0.2) is 8.78 Å². The first-order chi connectivity index (χ1) is 12.9. The summed E-state index contributed by atoms with van der Waals surface area (Å²) in [5, 5.41) is 5.52. The van der Waals surface area contributed by atoms with E-state index in [2.05, 4.69) is 10.6 Å². The molecule has 27 heavy (non-hydrogen) atoms. The Hall–Kier alpha value is -2.76. The number of hydrogen-bond donors (Lipinski definition) is 2. The van der Waals surface area contributed by atoms with E-state index >= 15 is 0 Å². The number of benzene rings is 2. The molecular formula is C21H24F2N2O2. The van der Waals surface area contributed by atoms with Crippen LogP contribution in [0.5, 0.6) is 0 Å². The van der Waals surface area contributed by atoms with Crippen molar-refractivity contribution in [3.8, 4) is 0 Å². The van der Waals surface area contributed by atoms with E-state index in [1.165, 1.54) is 0 Å². The summed E-state index contributed by atoms with van der Waals surface area (Å²) in [5.74, 6) is -2.38. The van der Waals surface area contributed by atoms with Crippen molar-refractivity contribution in [1.29, 1.82) is 0 Å². The molecule has 0 spiro atoms. The lowest BCUT2D eigenvalue weighted by molar-refractivity contribution is -0.122. The Kier molecular flexibility index (Phi) is 7.46. The number of carbonyl (C=O) groups excluding carboxylic acids is 2. The molecule has 0 heterocycles. The Labute approximate surface area is 158 Å². The molecule has 6 heteroatoms. The van der Waals surface area contributed by atoms with Crippen molar-refractivity contribution in [1.82, 2.24) is 10.6 Å². The van der Waals surface area contributed by atoms with Crippen molar-refractivity contribution < 1.29 is 18.4 Å². The van der Waals surface area contributed by atoms with Crippen molar-refractivity contribution in [2.24, 2.45) is 0 Å². The van der Waals surface area contributed by atoms with E-state index in [-0.39, 0.29) is 30.5 Å². The van der Waals surface area contributed by atoms with E-state index in [4.69, 9.17) is 0 Å². The Balaban J connectivity index is 1.76. The number of hydrogen-bond acceptors (Lipinski definition) is 2. The number of amides is 2. The summed E-state index contributed by atoms with van der Waals surface area (Å²) in [6.45, 7) is 4.24. The highest BCUT2D eigenvalue weighted by Gasteiger charge is 2.14. The van der Waals surface area contributed by atoms with Crippen molar-refractivity contribution in [2.75, 3.05) is 6.54 Å². The van der Waals surface area contributed by atoms with E-state index in [1.54, 1.807) is 0 Å². The smallest absolute Gasteiger partial charge is 0.254 e. The second-order valence-electron chi connectivity index (χ2n) is 6.42. The predicted octanol–water partition coefficient (Wildman–Crippen LogP) is 4.05.